The van der Waals surface area contributed by atoms with Crippen LogP contribution < -0.4 is 11.1 Å². The van der Waals surface area contributed by atoms with Gasteiger partial charge in [0.1, 0.15) is 18.1 Å². The Bertz CT molecular complexity index is 786. The van der Waals surface area contributed by atoms with E-state index in [1.54, 1.807) is 29.2 Å². The lowest BCUT2D eigenvalue weighted by Crippen LogP contribution is -2.43. The number of nitrogens with zero attached hydrogens (tertiary/aromatic N) is 1. The molecule has 1 aromatic heterocycles. The lowest BCUT2D eigenvalue weighted by atomic mass is 10.2. The normalized spacial score (nSPS) is 16.9. The topological polar surface area (TPSA) is 88.6 Å². The molecule has 1 aliphatic heterocycles. The van der Waals surface area contributed by atoms with E-state index in [0.29, 0.717) is 40.0 Å². The van der Waals surface area contributed by atoms with E-state index in [2.05, 4.69) is 5.32 Å². The molecule has 1 atom stereocenters. The second kappa shape index (κ2) is 7.47. The number of rotatable bonds is 4. The number of carbonyl (C=O) groups excluding carboxylic acids is 2. The molecule has 0 radical (unpaired) electrons. The van der Waals surface area contributed by atoms with Gasteiger partial charge >= 0.3 is 0 Å². The molecule has 1 unspecified atom stereocenters. The first-order valence-corrected chi connectivity index (χ1v) is 8.59. The molecule has 25 heavy (non-hydrogen) atoms. The molecule has 3 rings (SSSR count). The standard InChI is InChI=1S/C17H17Cl2N3O3/c18-11-5-12(19)7-13(6-11)21-16(23)15-2-1-3-22(15)17(24)10-4-14(8-20)25-9-10/h4-7,9,15H,1-3,8,20H2,(H,21,23). The number of furan rings is 1. The number of hydrogen-bond acceptors (Lipinski definition) is 4. The maximum Gasteiger partial charge on any atom is 0.257 e. The van der Waals surface area contributed by atoms with Crippen molar-refractivity contribution in [3.8, 4) is 0 Å². The molecule has 1 fully saturated rings. The third-order valence-electron chi connectivity index (χ3n) is 4.05. The van der Waals surface area contributed by atoms with E-state index >= 15 is 0 Å². The fourth-order valence-corrected chi connectivity index (χ4v) is 3.43. The van der Waals surface area contributed by atoms with Gasteiger partial charge in [0.2, 0.25) is 5.91 Å². The molecule has 6 nitrogen and oxygen atoms in total. The summed E-state index contributed by atoms with van der Waals surface area (Å²) in [5, 5.41) is 3.62. The summed E-state index contributed by atoms with van der Waals surface area (Å²) >= 11 is 11.9. The molecule has 1 aliphatic rings. The molecule has 8 heteroatoms. The number of carbonyl (C=O) groups is 2. The molecule has 132 valence electrons. The monoisotopic (exact) mass is 381 g/mol. The van der Waals surface area contributed by atoms with E-state index < -0.39 is 6.04 Å². The Morgan fingerprint density at radius 1 is 1.24 bits per heavy atom. The highest BCUT2D eigenvalue weighted by molar-refractivity contribution is 6.35. The second-order valence-electron chi connectivity index (χ2n) is 5.81. The highest BCUT2D eigenvalue weighted by Crippen LogP contribution is 2.25. The highest BCUT2D eigenvalue weighted by atomic mass is 35.5. The maximum absolute atomic E-state index is 12.7. The van der Waals surface area contributed by atoms with Crippen LogP contribution in [0.25, 0.3) is 0 Å². The summed E-state index contributed by atoms with van der Waals surface area (Å²) in [6, 6.07) is 5.85. The molecule has 1 saturated heterocycles. The van der Waals surface area contributed by atoms with E-state index in [0.717, 1.165) is 6.42 Å². The minimum Gasteiger partial charge on any atom is -0.467 e. The van der Waals surface area contributed by atoms with Crippen LogP contribution in [-0.4, -0.2) is 29.3 Å². The van der Waals surface area contributed by atoms with Gasteiger partial charge in [-0.25, -0.2) is 0 Å². The van der Waals surface area contributed by atoms with Crippen molar-refractivity contribution in [3.05, 3.63) is 51.9 Å². The van der Waals surface area contributed by atoms with Crippen LogP contribution in [0.1, 0.15) is 29.0 Å². The number of nitrogens with two attached hydrogens (primary N) is 1. The van der Waals surface area contributed by atoms with Gasteiger partial charge < -0.3 is 20.4 Å². The number of likely N-dealkylation sites (tertiary alicyclic amines) is 1. The Hall–Kier alpha value is -2.02. The summed E-state index contributed by atoms with van der Waals surface area (Å²) in [6.45, 7) is 0.725. The second-order valence-corrected chi connectivity index (χ2v) is 6.68. The van der Waals surface area contributed by atoms with Crippen LogP contribution in [0, 0.1) is 0 Å². The Morgan fingerprint density at radius 3 is 2.60 bits per heavy atom. The van der Waals surface area contributed by atoms with Gasteiger partial charge in [0.15, 0.2) is 0 Å². The minimum absolute atomic E-state index is 0.215. The van der Waals surface area contributed by atoms with Crippen LogP contribution in [0.15, 0.2) is 34.9 Å². The molecule has 2 heterocycles. The fourth-order valence-electron chi connectivity index (χ4n) is 2.90. The van der Waals surface area contributed by atoms with E-state index in [9.17, 15) is 9.59 Å². The minimum atomic E-state index is -0.554. The van der Waals surface area contributed by atoms with Crippen molar-refractivity contribution in [2.45, 2.75) is 25.4 Å². The summed E-state index contributed by atoms with van der Waals surface area (Å²) in [7, 11) is 0. The molecular formula is C17H17Cl2N3O3. The summed E-state index contributed by atoms with van der Waals surface area (Å²) in [5.74, 6) is 0.00840. The van der Waals surface area contributed by atoms with E-state index in [1.807, 2.05) is 0 Å². The molecular weight excluding hydrogens is 365 g/mol. The fraction of sp³-hybridized carbons (Fsp3) is 0.294. The van der Waals surface area contributed by atoms with Gasteiger partial charge in [-0.1, -0.05) is 23.2 Å². The van der Waals surface area contributed by atoms with Gasteiger partial charge in [0.25, 0.3) is 5.91 Å². The zero-order valence-corrected chi connectivity index (χ0v) is 14.8. The molecule has 2 aromatic rings. The van der Waals surface area contributed by atoms with E-state index in [-0.39, 0.29) is 18.4 Å². The van der Waals surface area contributed by atoms with Crippen molar-refractivity contribution in [3.63, 3.8) is 0 Å². The number of benzene rings is 1. The number of anilines is 1. The summed E-state index contributed by atoms with van der Waals surface area (Å²) < 4.78 is 5.21. The number of amides is 2. The van der Waals surface area contributed by atoms with Crippen LogP contribution >= 0.6 is 23.2 Å². The zero-order valence-electron chi connectivity index (χ0n) is 13.3. The SMILES string of the molecule is NCc1cc(C(=O)N2CCCC2C(=O)Nc2cc(Cl)cc(Cl)c2)co1. The third-order valence-corrected chi connectivity index (χ3v) is 4.48. The summed E-state index contributed by atoms with van der Waals surface area (Å²) in [4.78, 5) is 26.8. The van der Waals surface area contributed by atoms with Gasteiger partial charge in [-0.15, -0.1) is 0 Å². The van der Waals surface area contributed by atoms with E-state index in [1.165, 1.54) is 6.26 Å². The predicted octanol–water partition coefficient (Wildman–Crippen LogP) is 3.29. The van der Waals surface area contributed by atoms with Crippen LogP contribution in [-0.2, 0) is 11.3 Å². The number of halogens is 2. The van der Waals surface area contributed by atoms with Crippen LogP contribution in [0.3, 0.4) is 0 Å². The largest absolute Gasteiger partial charge is 0.467 e. The number of nitrogens with one attached hydrogen (secondary N) is 1. The van der Waals surface area contributed by atoms with Crippen LogP contribution in [0.4, 0.5) is 5.69 Å². The predicted molar refractivity (Wildman–Crippen MR) is 95.7 cm³/mol. The molecule has 2 amide bonds. The van der Waals surface area contributed by atoms with Gasteiger partial charge in [-0.3, -0.25) is 9.59 Å². The van der Waals surface area contributed by atoms with Crippen LogP contribution in [0.5, 0.6) is 0 Å². The first-order valence-electron chi connectivity index (χ1n) is 7.83. The molecule has 0 bridgehead atoms. The molecule has 1 aromatic carbocycles. The van der Waals surface area contributed by atoms with Crippen molar-refractivity contribution in [1.82, 2.24) is 4.90 Å². The van der Waals surface area contributed by atoms with Crippen LogP contribution in [0.2, 0.25) is 10.0 Å². The summed E-state index contributed by atoms with van der Waals surface area (Å²) in [5.41, 5.74) is 6.39. The average molecular weight is 382 g/mol. The smallest absolute Gasteiger partial charge is 0.257 e. The average Bonchev–Trinajstić information content (AvgIpc) is 3.22. The van der Waals surface area contributed by atoms with Gasteiger partial charge in [-0.05, 0) is 37.1 Å². The third kappa shape index (κ3) is 3.98. The molecule has 3 N–H and O–H groups in total. The molecule has 0 saturated carbocycles. The summed E-state index contributed by atoms with van der Waals surface area (Å²) in [6.07, 6.45) is 2.71. The van der Waals surface area contributed by atoms with Crippen molar-refractivity contribution < 1.29 is 14.0 Å². The lowest BCUT2D eigenvalue weighted by molar-refractivity contribution is -0.119. The lowest BCUT2D eigenvalue weighted by Gasteiger charge is -2.23. The number of hydrogen-bond donors (Lipinski definition) is 2. The Labute approximate surface area is 154 Å². The first kappa shape index (κ1) is 17.8. The van der Waals surface area contributed by atoms with Crippen molar-refractivity contribution >= 4 is 40.7 Å². The molecule has 0 aliphatic carbocycles. The van der Waals surface area contributed by atoms with E-state index in [4.69, 9.17) is 33.4 Å². The quantitative estimate of drug-likeness (QED) is 0.850. The Morgan fingerprint density at radius 2 is 1.96 bits per heavy atom. The maximum atomic E-state index is 12.7. The highest BCUT2D eigenvalue weighted by Gasteiger charge is 2.35. The molecule has 0 spiro atoms. The van der Waals surface area contributed by atoms with Crippen molar-refractivity contribution in [1.29, 1.82) is 0 Å². The van der Waals surface area contributed by atoms with Gasteiger partial charge in [0.05, 0.1) is 12.1 Å². The van der Waals surface area contributed by atoms with Crippen molar-refractivity contribution in [2.24, 2.45) is 5.73 Å². The first-order chi connectivity index (χ1) is 12.0. The van der Waals surface area contributed by atoms with Gasteiger partial charge in [-0.2, -0.15) is 0 Å². The zero-order chi connectivity index (χ0) is 18.0. The van der Waals surface area contributed by atoms with Crippen molar-refractivity contribution in [2.75, 3.05) is 11.9 Å². The van der Waals surface area contributed by atoms with Gasteiger partial charge in [0, 0.05) is 22.3 Å². The Balaban J connectivity index is 1.74. The Kier molecular flexibility index (Phi) is 5.32.